The van der Waals surface area contributed by atoms with E-state index in [2.05, 4.69) is 115 Å². The summed E-state index contributed by atoms with van der Waals surface area (Å²) in [5.74, 6) is 1.90. The monoisotopic (exact) mass is 651 g/mol. The van der Waals surface area contributed by atoms with Crippen molar-refractivity contribution in [1.82, 2.24) is 15.0 Å². The normalized spacial score (nSPS) is 11.5. The van der Waals surface area contributed by atoms with E-state index in [-0.39, 0.29) is 0 Å². The molecule has 0 amide bonds. The highest BCUT2D eigenvalue weighted by Gasteiger charge is 2.17. The fraction of sp³-hybridized carbons (Fsp3) is 0. The largest absolute Gasteiger partial charge is 0.456 e. The number of aromatic nitrogens is 3. The molecule has 0 atom stereocenters. The molecule has 238 valence electrons. The van der Waals surface area contributed by atoms with Crippen molar-refractivity contribution in [2.24, 2.45) is 0 Å². The molecule has 0 bridgehead atoms. The second kappa shape index (κ2) is 11.9. The van der Waals surface area contributed by atoms with Gasteiger partial charge in [-0.3, -0.25) is 0 Å². The standard InChI is InChI=1S/C47H29N3O/c1-3-13-30(14-4-1)45-48-46(31-15-5-2-6-16-31)50-47(49-45)35-19-11-18-32(27-35)37-23-12-24-43-44(37)41-29-34(25-26-42(41)51-43)40-28-33-17-7-8-20-36(33)38-21-9-10-22-39(38)40/h1-29H. The molecule has 0 unspecified atom stereocenters. The van der Waals surface area contributed by atoms with Crippen LogP contribution in [0.5, 0.6) is 0 Å². The topological polar surface area (TPSA) is 51.8 Å². The minimum atomic E-state index is 0.624. The molecule has 2 heterocycles. The number of hydrogen-bond donors (Lipinski definition) is 0. The van der Waals surface area contributed by atoms with E-state index >= 15 is 0 Å². The Morgan fingerprint density at radius 2 is 0.882 bits per heavy atom. The van der Waals surface area contributed by atoms with Gasteiger partial charge in [-0.25, -0.2) is 15.0 Å². The predicted molar refractivity (Wildman–Crippen MR) is 209 cm³/mol. The fourth-order valence-corrected chi connectivity index (χ4v) is 7.29. The summed E-state index contributed by atoms with van der Waals surface area (Å²) in [6.45, 7) is 0. The number of benzene rings is 8. The van der Waals surface area contributed by atoms with Crippen LogP contribution in [0.2, 0.25) is 0 Å². The molecule has 0 aliphatic rings. The van der Waals surface area contributed by atoms with Gasteiger partial charge in [-0.2, -0.15) is 0 Å². The van der Waals surface area contributed by atoms with E-state index in [1.165, 1.54) is 27.1 Å². The lowest BCUT2D eigenvalue weighted by molar-refractivity contribution is 0.669. The Bertz CT molecular complexity index is 2860. The Morgan fingerprint density at radius 1 is 0.314 bits per heavy atom. The molecule has 0 N–H and O–H groups in total. The number of furan rings is 1. The summed E-state index contributed by atoms with van der Waals surface area (Å²) < 4.78 is 6.47. The number of fused-ring (bicyclic) bond motifs is 6. The van der Waals surface area contributed by atoms with Crippen LogP contribution in [-0.4, -0.2) is 15.0 Å². The Morgan fingerprint density at radius 3 is 1.63 bits per heavy atom. The van der Waals surface area contributed by atoms with Gasteiger partial charge in [0, 0.05) is 27.5 Å². The summed E-state index contributed by atoms with van der Waals surface area (Å²) in [5, 5.41) is 7.15. The minimum absolute atomic E-state index is 0.624. The maximum Gasteiger partial charge on any atom is 0.164 e. The Kier molecular flexibility index (Phi) is 6.78. The molecule has 2 aromatic heterocycles. The van der Waals surface area contributed by atoms with Gasteiger partial charge in [0.15, 0.2) is 17.5 Å². The third-order valence-corrected chi connectivity index (χ3v) is 9.71. The first-order valence-corrected chi connectivity index (χ1v) is 17.1. The smallest absolute Gasteiger partial charge is 0.164 e. The van der Waals surface area contributed by atoms with Crippen LogP contribution in [0, 0.1) is 0 Å². The zero-order valence-corrected chi connectivity index (χ0v) is 27.5. The molecule has 0 fully saturated rings. The molecule has 4 heteroatoms. The van der Waals surface area contributed by atoms with E-state index in [9.17, 15) is 0 Å². The van der Waals surface area contributed by atoms with Gasteiger partial charge in [0.1, 0.15) is 11.2 Å². The molecule has 0 spiro atoms. The maximum atomic E-state index is 6.47. The third-order valence-electron chi connectivity index (χ3n) is 9.71. The van der Waals surface area contributed by atoms with Crippen LogP contribution in [0.25, 0.3) is 99.9 Å². The van der Waals surface area contributed by atoms with Crippen molar-refractivity contribution in [3.05, 3.63) is 176 Å². The van der Waals surface area contributed by atoms with Crippen molar-refractivity contribution >= 4 is 43.5 Å². The zero-order valence-electron chi connectivity index (χ0n) is 27.5. The fourth-order valence-electron chi connectivity index (χ4n) is 7.29. The van der Waals surface area contributed by atoms with Gasteiger partial charge in [-0.1, -0.05) is 146 Å². The van der Waals surface area contributed by atoms with Gasteiger partial charge in [0.2, 0.25) is 0 Å². The first-order chi connectivity index (χ1) is 25.3. The zero-order chi connectivity index (χ0) is 33.7. The van der Waals surface area contributed by atoms with Gasteiger partial charge >= 0.3 is 0 Å². The predicted octanol–water partition coefficient (Wildman–Crippen LogP) is 12.4. The molecular formula is C47H29N3O. The Hall–Kier alpha value is -6.91. The summed E-state index contributed by atoms with van der Waals surface area (Å²) in [6.07, 6.45) is 0. The summed E-state index contributed by atoms with van der Waals surface area (Å²) in [6, 6.07) is 61.1. The molecule has 8 aromatic carbocycles. The van der Waals surface area contributed by atoms with Crippen molar-refractivity contribution in [2.75, 3.05) is 0 Å². The van der Waals surface area contributed by atoms with Gasteiger partial charge in [0.25, 0.3) is 0 Å². The summed E-state index contributed by atoms with van der Waals surface area (Å²) in [5.41, 5.74) is 9.03. The molecule has 0 aliphatic carbocycles. The van der Waals surface area contributed by atoms with Crippen LogP contribution >= 0.6 is 0 Å². The maximum absolute atomic E-state index is 6.47. The van der Waals surface area contributed by atoms with E-state index in [1.807, 2.05) is 60.7 Å². The van der Waals surface area contributed by atoms with Crippen molar-refractivity contribution in [3.8, 4) is 56.4 Å². The highest BCUT2D eigenvalue weighted by molar-refractivity contribution is 6.16. The van der Waals surface area contributed by atoms with Gasteiger partial charge in [0.05, 0.1) is 0 Å². The lowest BCUT2D eigenvalue weighted by atomic mass is 9.92. The summed E-state index contributed by atoms with van der Waals surface area (Å²) in [7, 11) is 0. The lowest BCUT2D eigenvalue weighted by Gasteiger charge is -2.11. The minimum Gasteiger partial charge on any atom is -0.456 e. The van der Waals surface area contributed by atoms with Crippen LogP contribution in [0.3, 0.4) is 0 Å². The van der Waals surface area contributed by atoms with Crippen LogP contribution in [0.1, 0.15) is 0 Å². The van der Waals surface area contributed by atoms with Gasteiger partial charge in [-0.05, 0) is 74.1 Å². The average Bonchev–Trinajstić information content (AvgIpc) is 3.59. The van der Waals surface area contributed by atoms with Crippen LogP contribution in [-0.2, 0) is 0 Å². The average molecular weight is 652 g/mol. The second-order valence-electron chi connectivity index (χ2n) is 12.8. The molecule has 10 aromatic rings. The molecule has 0 aliphatic heterocycles. The van der Waals surface area contributed by atoms with Crippen molar-refractivity contribution in [2.45, 2.75) is 0 Å². The quantitative estimate of drug-likeness (QED) is 0.174. The molecular weight excluding hydrogens is 623 g/mol. The van der Waals surface area contributed by atoms with Crippen LogP contribution < -0.4 is 0 Å². The molecule has 4 nitrogen and oxygen atoms in total. The molecule has 0 radical (unpaired) electrons. The van der Waals surface area contributed by atoms with E-state index in [0.717, 1.165) is 55.3 Å². The first-order valence-electron chi connectivity index (χ1n) is 17.1. The SMILES string of the molecule is c1ccc(-c2nc(-c3ccccc3)nc(-c3cccc(-c4cccc5oc6ccc(-c7cc8ccccc8c8ccccc78)cc6c45)c3)n2)cc1. The highest BCUT2D eigenvalue weighted by Crippen LogP contribution is 2.41. The van der Waals surface area contributed by atoms with Crippen molar-refractivity contribution in [1.29, 1.82) is 0 Å². The van der Waals surface area contributed by atoms with Gasteiger partial charge < -0.3 is 4.42 Å². The van der Waals surface area contributed by atoms with Crippen molar-refractivity contribution in [3.63, 3.8) is 0 Å². The molecule has 51 heavy (non-hydrogen) atoms. The highest BCUT2D eigenvalue weighted by atomic mass is 16.3. The third kappa shape index (κ3) is 5.04. The van der Waals surface area contributed by atoms with E-state index in [1.54, 1.807) is 0 Å². The molecule has 0 saturated carbocycles. The molecule has 10 rings (SSSR count). The Labute approximate surface area is 294 Å². The second-order valence-corrected chi connectivity index (χ2v) is 12.8. The van der Waals surface area contributed by atoms with Gasteiger partial charge in [-0.15, -0.1) is 0 Å². The lowest BCUT2D eigenvalue weighted by Crippen LogP contribution is -2.00. The first kappa shape index (κ1) is 29.0. The molecule has 0 saturated heterocycles. The number of nitrogens with zero attached hydrogens (tertiary/aromatic N) is 3. The Balaban J connectivity index is 1.14. The van der Waals surface area contributed by atoms with Crippen LogP contribution in [0.4, 0.5) is 0 Å². The van der Waals surface area contributed by atoms with E-state index < -0.39 is 0 Å². The van der Waals surface area contributed by atoms with E-state index in [4.69, 9.17) is 19.4 Å². The number of hydrogen-bond acceptors (Lipinski definition) is 4. The number of rotatable bonds is 5. The summed E-state index contributed by atoms with van der Waals surface area (Å²) in [4.78, 5) is 14.9. The van der Waals surface area contributed by atoms with Crippen LogP contribution in [0.15, 0.2) is 180 Å². The van der Waals surface area contributed by atoms with Crippen molar-refractivity contribution < 1.29 is 4.42 Å². The summed E-state index contributed by atoms with van der Waals surface area (Å²) >= 11 is 0. The van der Waals surface area contributed by atoms with E-state index in [0.29, 0.717) is 17.5 Å².